The lowest BCUT2D eigenvalue weighted by atomic mass is 9.95. The number of hydrogen-bond donors (Lipinski definition) is 1. The van der Waals surface area contributed by atoms with E-state index in [0.29, 0.717) is 19.5 Å². The molecule has 0 bridgehead atoms. The maximum Gasteiger partial charge on any atom is 0.324 e. The molecule has 30 heavy (non-hydrogen) atoms. The van der Waals surface area contributed by atoms with Crippen LogP contribution < -0.4 is 5.32 Å². The van der Waals surface area contributed by atoms with Gasteiger partial charge in [-0.05, 0) is 42.9 Å². The molecule has 4 amide bonds. The summed E-state index contributed by atoms with van der Waals surface area (Å²) >= 11 is 0. The average molecular weight is 406 g/mol. The fraction of sp³-hybridized carbons (Fsp3) is 0.391. The van der Waals surface area contributed by atoms with Crippen LogP contribution in [0, 0.1) is 0 Å². The van der Waals surface area contributed by atoms with Gasteiger partial charge in [0.15, 0.2) is 0 Å². The van der Waals surface area contributed by atoms with Crippen molar-refractivity contribution in [2.45, 2.75) is 44.2 Å². The Morgan fingerprint density at radius 3 is 2.70 bits per heavy atom. The third-order valence-electron chi connectivity index (χ3n) is 5.84. The van der Waals surface area contributed by atoms with Crippen LogP contribution in [0.25, 0.3) is 0 Å². The Labute approximate surface area is 176 Å². The number of nitrogens with zero attached hydrogens (tertiary/aromatic N) is 3. The van der Waals surface area contributed by atoms with Gasteiger partial charge in [-0.15, -0.1) is 0 Å². The van der Waals surface area contributed by atoms with E-state index in [1.165, 1.54) is 4.90 Å². The number of hydrogen-bond acceptors (Lipinski definition) is 4. The standard InChI is InChI=1S/C23H26N4O3/c28-21(26-13-5-4-10-20(26)18-9-6-12-24-16-18)15-19-22(29)27(23(30)25-19)14-11-17-7-2-1-3-8-17/h1-3,6-9,12,16,19-20H,4-5,10-11,13-15H2,(H,25,30)/t19-,20+/m1/s1. The Kier molecular flexibility index (Phi) is 6.07. The van der Waals surface area contributed by atoms with E-state index in [9.17, 15) is 14.4 Å². The number of imide groups is 1. The van der Waals surface area contributed by atoms with E-state index in [-0.39, 0.29) is 24.3 Å². The van der Waals surface area contributed by atoms with Crippen LogP contribution in [0.5, 0.6) is 0 Å². The van der Waals surface area contributed by atoms with Crippen LogP contribution in [0.1, 0.15) is 42.9 Å². The van der Waals surface area contributed by atoms with Crippen molar-refractivity contribution in [1.82, 2.24) is 20.1 Å². The second kappa shape index (κ2) is 9.07. The second-order valence-corrected chi connectivity index (χ2v) is 7.82. The highest BCUT2D eigenvalue weighted by Gasteiger charge is 2.40. The summed E-state index contributed by atoms with van der Waals surface area (Å²) in [5.41, 5.74) is 2.07. The van der Waals surface area contributed by atoms with Gasteiger partial charge < -0.3 is 10.2 Å². The molecule has 4 rings (SSSR count). The van der Waals surface area contributed by atoms with Crippen LogP contribution in [-0.2, 0) is 16.0 Å². The Hall–Kier alpha value is -3.22. The van der Waals surface area contributed by atoms with Crippen LogP contribution in [0.15, 0.2) is 54.9 Å². The second-order valence-electron chi connectivity index (χ2n) is 7.82. The molecule has 0 spiro atoms. The summed E-state index contributed by atoms with van der Waals surface area (Å²) in [5.74, 6) is -0.425. The van der Waals surface area contributed by atoms with Crippen molar-refractivity contribution in [2.75, 3.05) is 13.1 Å². The molecule has 0 saturated carbocycles. The van der Waals surface area contributed by atoms with E-state index in [4.69, 9.17) is 0 Å². The van der Waals surface area contributed by atoms with Gasteiger partial charge in [0.1, 0.15) is 6.04 Å². The summed E-state index contributed by atoms with van der Waals surface area (Å²) in [5, 5.41) is 2.69. The summed E-state index contributed by atoms with van der Waals surface area (Å²) in [4.78, 5) is 45.4. The van der Waals surface area contributed by atoms with Gasteiger partial charge in [-0.25, -0.2) is 4.79 Å². The Morgan fingerprint density at radius 1 is 1.10 bits per heavy atom. The minimum Gasteiger partial charge on any atom is -0.336 e. The summed E-state index contributed by atoms with van der Waals surface area (Å²) in [6, 6.07) is 12.3. The van der Waals surface area contributed by atoms with Crippen molar-refractivity contribution in [3.05, 3.63) is 66.0 Å². The summed E-state index contributed by atoms with van der Waals surface area (Å²) in [6.45, 7) is 0.965. The zero-order valence-corrected chi connectivity index (χ0v) is 16.9. The normalized spacial score (nSPS) is 21.6. The number of amides is 4. The van der Waals surface area contributed by atoms with Gasteiger partial charge in [0.2, 0.25) is 5.91 Å². The maximum absolute atomic E-state index is 13.1. The number of carbonyl (C=O) groups excluding carboxylic acids is 3. The molecule has 0 radical (unpaired) electrons. The van der Waals surface area contributed by atoms with Gasteiger partial charge in [0, 0.05) is 25.5 Å². The number of rotatable bonds is 6. The zero-order valence-electron chi connectivity index (χ0n) is 16.9. The van der Waals surface area contributed by atoms with Gasteiger partial charge in [0.05, 0.1) is 12.5 Å². The average Bonchev–Trinajstić information content (AvgIpc) is 3.05. The molecule has 2 fully saturated rings. The molecule has 7 nitrogen and oxygen atoms in total. The number of pyridine rings is 1. The van der Waals surface area contributed by atoms with Crippen LogP contribution in [0.2, 0.25) is 0 Å². The first-order valence-corrected chi connectivity index (χ1v) is 10.5. The van der Waals surface area contributed by atoms with Gasteiger partial charge in [-0.2, -0.15) is 0 Å². The van der Waals surface area contributed by atoms with Crippen molar-refractivity contribution >= 4 is 17.8 Å². The highest BCUT2D eigenvalue weighted by Crippen LogP contribution is 2.31. The van der Waals surface area contributed by atoms with Crippen molar-refractivity contribution in [3.63, 3.8) is 0 Å². The van der Waals surface area contributed by atoms with Crippen molar-refractivity contribution in [2.24, 2.45) is 0 Å². The molecular weight excluding hydrogens is 380 g/mol. The SMILES string of the molecule is O=C1N[C@H](CC(=O)N2CCCC[C@H]2c2cccnc2)C(=O)N1CCc1ccccc1. The molecule has 3 heterocycles. The monoisotopic (exact) mass is 406 g/mol. The first kappa shape index (κ1) is 20.1. The topological polar surface area (TPSA) is 82.6 Å². The lowest BCUT2D eigenvalue weighted by molar-refractivity contribution is -0.138. The number of aromatic nitrogens is 1. The Morgan fingerprint density at radius 2 is 1.93 bits per heavy atom. The van der Waals surface area contributed by atoms with E-state index in [1.54, 1.807) is 12.4 Å². The van der Waals surface area contributed by atoms with E-state index in [0.717, 1.165) is 30.4 Å². The number of urea groups is 1. The molecule has 1 N–H and O–H groups in total. The van der Waals surface area contributed by atoms with E-state index in [2.05, 4.69) is 10.3 Å². The number of likely N-dealkylation sites (tertiary alicyclic amines) is 1. The third kappa shape index (κ3) is 4.35. The molecule has 1 aromatic heterocycles. The number of nitrogens with one attached hydrogen (secondary N) is 1. The highest BCUT2D eigenvalue weighted by atomic mass is 16.2. The van der Waals surface area contributed by atoms with Crippen LogP contribution in [-0.4, -0.2) is 51.8 Å². The van der Waals surface area contributed by atoms with Gasteiger partial charge in [-0.3, -0.25) is 19.5 Å². The molecular formula is C23H26N4O3. The fourth-order valence-electron chi connectivity index (χ4n) is 4.25. The highest BCUT2D eigenvalue weighted by molar-refractivity contribution is 6.05. The first-order valence-electron chi connectivity index (χ1n) is 10.5. The van der Waals surface area contributed by atoms with E-state index in [1.807, 2.05) is 47.4 Å². The first-order chi connectivity index (χ1) is 14.6. The Bertz CT molecular complexity index is 903. The molecule has 2 atom stereocenters. The molecule has 0 unspecified atom stereocenters. The largest absolute Gasteiger partial charge is 0.336 e. The van der Waals surface area contributed by atoms with Crippen molar-refractivity contribution in [3.8, 4) is 0 Å². The summed E-state index contributed by atoms with van der Waals surface area (Å²) in [7, 11) is 0. The summed E-state index contributed by atoms with van der Waals surface area (Å²) < 4.78 is 0. The van der Waals surface area contributed by atoms with Crippen LogP contribution in [0.4, 0.5) is 4.79 Å². The lowest BCUT2D eigenvalue weighted by Gasteiger charge is -2.36. The number of benzene rings is 1. The molecule has 1 aromatic carbocycles. The van der Waals surface area contributed by atoms with Crippen LogP contribution >= 0.6 is 0 Å². The smallest absolute Gasteiger partial charge is 0.324 e. The van der Waals surface area contributed by atoms with Crippen molar-refractivity contribution < 1.29 is 14.4 Å². The number of carbonyl (C=O) groups is 3. The summed E-state index contributed by atoms with van der Waals surface area (Å²) in [6.07, 6.45) is 6.97. The molecule has 156 valence electrons. The zero-order chi connectivity index (χ0) is 20.9. The maximum atomic E-state index is 13.1. The minimum atomic E-state index is -0.794. The Balaban J connectivity index is 1.39. The van der Waals surface area contributed by atoms with E-state index >= 15 is 0 Å². The number of piperidine rings is 1. The fourth-order valence-corrected chi connectivity index (χ4v) is 4.25. The van der Waals surface area contributed by atoms with Gasteiger partial charge >= 0.3 is 6.03 Å². The van der Waals surface area contributed by atoms with E-state index < -0.39 is 12.1 Å². The van der Waals surface area contributed by atoms with Gasteiger partial charge in [-0.1, -0.05) is 36.4 Å². The molecule has 7 heteroatoms. The molecule has 2 aliphatic heterocycles. The van der Waals surface area contributed by atoms with Crippen molar-refractivity contribution in [1.29, 1.82) is 0 Å². The molecule has 2 aliphatic rings. The molecule has 0 aliphatic carbocycles. The predicted octanol–water partition coefficient (Wildman–Crippen LogP) is 2.69. The molecule has 2 saturated heterocycles. The molecule has 2 aromatic rings. The third-order valence-corrected chi connectivity index (χ3v) is 5.84. The quantitative estimate of drug-likeness (QED) is 0.748. The lowest BCUT2D eigenvalue weighted by Crippen LogP contribution is -2.43. The van der Waals surface area contributed by atoms with Gasteiger partial charge in [0.25, 0.3) is 5.91 Å². The van der Waals surface area contributed by atoms with Crippen LogP contribution in [0.3, 0.4) is 0 Å². The minimum absolute atomic E-state index is 0.0107. The predicted molar refractivity (Wildman–Crippen MR) is 111 cm³/mol.